The first-order chi connectivity index (χ1) is 12.8. The predicted octanol–water partition coefficient (Wildman–Crippen LogP) is 4.43. The molecular weight excluding hydrogens is 322 g/mol. The number of anilines is 1. The molecular formula is C22H21N3O. The summed E-state index contributed by atoms with van der Waals surface area (Å²) in [4.78, 5) is 0. The highest BCUT2D eigenvalue weighted by Gasteiger charge is 2.22. The summed E-state index contributed by atoms with van der Waals surface area (Å²) >= 11 is 0. The van der Waals surface area contributed by atoms with Crippen molar-refractivity contribution in [2.75, 3.05) is 18.1 Å². The third-order valence-corrected chi connectivity index (χ3v) is 4.98. The first-order valence-corrected chi connectivity index (χ1v) is 8.98. The van der Waals surface area contributed by atoms with E-state index in [9.17, 15) is 10.4 Å². The van der Waals surface area contributed by atoms with Crippen LogP contribution in [-0.2, 0) is 6.54 Å². The van der Waals surface area contributed by atoms with E-state index < -0.39 is 0 Å². The van der Waals surface area contributed by atoms with Gasteiger partial charge in [0.05, 0.1) is 17.3 Å². The first kappa shape index (κ1) is 16.4. The van der Waals surface area contributed by atoms with Crippen LogP contribution in [0.1, 0.15) is 24.0 Å². The van der Waals surface area contributed by atoms with Crippen molar-refractivity contribution in [3.8, 4) is 11.8 Å². The summed E-state index contributed by atoms with van der Waals surface area (Å²) in [5, 5.41) is 25.8. The number of rotatable bonds is 3. The standard InChI is InChI=1S/C22H21N3O/c23-15-18-9-12-22(21-6-2-1-5-20(18)21)25-14-4-3-13-24(25)16-17-7-10-19(26)11-8-17/h1-2,5-12,26H,3-4,13-14,16H2. The molecule has 3 aromatic rings. The van der Waals surface area contributed by atoms with Crippen LogP contribution in [-0.4, -0.2) is 23.2 Å². The van der Waals surface area contributed by atoms with E-state index in [1.807, 2.05) is 36.4 Å². The fourth-order valence-electron chi connectivity index (χ4n) is 3.67. The minimum atomic E-state index is 0.294. The number of fused-ring (bicyclic) bond motifs is 1. The summed E-state index contributed by atoms with van der Waals surface area (Å²) in [5.74, 6) is 0.294. The van der Waals surface area contributed by atoms with Gasteiger partial charge >= 0.3 is 0 Å². The van der Waals surface area contributed by atoms with E-state index in [1.165, 1.54) is 12.0 Å². The molecule has 3 aromatic carbocycles. The van der Waals surface area contributed by atoms with E-state index in [4.69, 9.17) is 0 Å². The zero-order valence-electron chi connectivity index (χ0n) is 14.6. The number of hydrogen-bond donors (Lipinski definition) is 1. The molecule has 1 fully saturated rings. The van der Waals surface area contributed by atoms with Gasteiger partial charge in [0, 0.05) is 30.4 Å². The second-order valence-corrected chi connectivity index (χ2v) is 6.67. The molecule has 4 heteroatoms. The average molecular weight is 343 g/mol. The van der Waals surface area contributed by atoms with Crippen molar-refractivity contribution < 1.29 is 5.11 Å². The second-order valence-electron chi connectivity index (χ2n) is 6.67. The molecule has 1 saturated heterocycles. The van der Waals surface area contributed by atoms with Crippen molar-refractivity contribution >= 4 is 16.5 Å². The van der Waals surface area contributed by atoms with E-state index in [1.54, 1.807) is 12.1 Å². The summed E-state index contributed by atoms with van der Waals surface area (Å²) in [5.41, 5.74) is 3.04. The van der Waals surface area contributed by atoms with Gasteiger partial charge in [0.2, 0.25) is 0 Å². The SMILES string of the molecule is N#Cc1ccc(N2CCCCN2Cc2ccc(O)cc2)c2ccccc12. The molecule has 1 N–H and O–H groups in total. The minimum Gasteiger partial charge on any atom is -0.508 e. The Bertz CT molecular complexity index is 959. The Labute approximate surface area is 153 Å². The highest BCUT2D eigenvalue weighted by Crippen LogP contribution is 2.32. The summed E-state index contributed by atoms with van der Waals surface area (Å²) in [6.45, 7) is 2.76. The Morgan fingerprint density at radius 1 is 0.885 bits per heavy atom. The van der Waals surface area contributed by atoms with E-state index in [2.05, 4.69) is 28.2 Å². The fourth-order valence-corrected chi connectivity index (χ4v) is 3.67. The molecule has 4 rings (SSSR count). The third-order valence-electron chi connectivity index (χ3n) is 4.98. The lowest BCUT2D eigenvalue weighted by atomic mass is 10.0. The van der Waals surface area contributed by atoms with Crippen LogP contribution in [0, 0.1) is 11.3 Å². The molecule has 26 heavy (non-hydrogen) atoms. The van der Waals surface area contributed by atoms with Crippen LogP contribution in [0.5, 0.6) is 5.75 Å². The molecule has 0 aromatic heterocycles. The Morgan fingerprint density at radius 2 is 1.62 bits per heavy atom. The number of phenolic OH excluding ortho intramolecular Hbond substituents is 1. The number of phenols is 1. The molecule has 0 saturated carbocycles. The fraction of sp³-hybridized carbons (Fsp3) is 0.227. The van der Waals surface area contributed by atoms with Gasteiger partial charge in [-0.15, -0.1) is 0 Å². The molecule has 1 aliphatic rings. The van der Waals surface area contributed by atoms with Gasteiger partial charge < -0.3 is 10.1 Å². The maximum Gasteiger partial charge on any atom is 0.115 e. The molecule has 0 spiro atoms. The molecule has 0 aliphatic carbocycles. The van der Waals surface area contributed by atoms with Gasteiger partial charge in [-0.25, -0.2) is 5.01 Å². The lowest BCUT2D eigenvalue weighted by Crippen LogP contribution is -2.47. The van der Waals surface area contributed by atoms with Crippen LogP contribution in [0.4, 0.5) is 5.69 Å². The van der Waals surface area contributed by atoms with Gasteiger partial charge in [-0.2, -0.15) is 5.26 Å². The molecule has 0 radical (unpaired) electrons. The molecule has 0 amide bonds. The lowest BCUT2D eigenvalue weighted by molar-refractivity contribution is 0.205. The van der Waals surface area contributed by atoms with Crippen molar-refractivity contribution in [3.05, 3.63) is 71.8 Å². The first-order valence-electron chi connectivity index (χ1n) is 8.98. The number of aromatic hydroxyl groups is 1. The predicted molar refractivity (Wildman–Crippen MR) is 104 cm³/mol. The summed E-state index contributed by atoms with van der Waals surface area (Å²) in [6.07, 6.45) is 2.32. The summed E-state index contributed by atoms with van der Waals surface area (Å²) in [6, 6.07) is 21.8. The molecule has 0 bridgehead atoms. The lowest BCUT2D eigenvalue weighted by Gasteiger charge is -2.41. The van der Waals surface area contributed by atoms with Gasteiger partial charge in [0.15, 0.2) is 0 Å². The van der Waals surface area contributed by atoms with Crippen LogP contribution < -0.4 is 5.01 Å². The highest BCUT2D eigenvalue weighted by atomic mass is 16.3. The topological polar surface area (TPSA) is 50.5 Å². The van der Waals surface area contributed by atoms with Crippen molar-refractivity contribution in [1.82, 2.24) is 5.01 Å². The molecule has 0 unspecified atom stereocenters. The Hall–Kier alpha value is -3.03. The van der Waals surface area contributed by atoms with Crippen LogP contribution in [0.25, 0.3) is 10.8 Å². The monoisotopic (exact) mass is 343 g/mol. The summed E-state index contributed by atoms with van der Waals surface area (Å²) in [7, 11) is 0. The van der Waals surface area contributed by atoms with Crippen LogP contribution in [0.3, 0.4) is 0 Å². The number of benzene rings is 3. The van der Waals surface area contributed by atoms with Gasteiger partial charge in [-0.05, 0) is 42.7 Å². The normalized spacial score (nSPS) is 15.1. The maximum atomic E-state index is 9.51. The second kappa shape index (κ2) is 7.07. The zero-order valence-corrected chi connectivity index (χ0v) is 14.6. The maximum absolute atomic E-state index is 9.51. The average Bonchev–Trinajstić information content (AvgIpc) is 2.69. The zero-order chi connectivity index (χ0) is 17.9. The molecule has 130 valence electrons. The van der Waals surface area contributed by atoms with Gasteiger partial charge in [0.25, 0.3) is 0 Å². The minimum absolute atomic E-state index is 0.294. The Morgan fingerprint density at radius 3 is 2.38 bits per heavy atom. The van der Waals surface area contributed by atoms with E-state index in [-0.39, 0.29) is 0 Å². The third kappa shape index (κ3) is 3.10. The molecule has 1 aliphatic heterocycles. The van der Waals surface area contributed by atoms with Gasteiger partial charge in [0.1, 0.15) is 5.75 Å². The van der Waals surface area contributed by atoms with Crippen molar-refractivity contribution in [1.29, 1.82) is 5.26 Å². The van der Waals surface area contributed by atoms with Crippen molar-refractivity contribution in [3.63, 3.8) is 0 Å². The van der Waals surface area contributed by atoms with Crippen molar-refractivity contribution in [2.24, 2.45) is 0 Å². The highest BCUT2D eigenvalue weighted by molar-refractivity contribution is 5.97. The molecule has 4 nitrogen and oxygen atoms in total. The largest absolute Gasteiger partial charge is 0.508 e. The molecule has 0 atom stereocenters. The number of hydrogen-bond acceptors (Lipinski definition) is 4. The van der Waals surface area contributed by atoms with Gasteiger partial charge in [-0.1, -0.05) is 36.4 Å². The van der Waals surface area contributed by atoms with Gasteiger partial charge in [-0.3, -0.25) is 0 Å². The Kier molecular flexibility index (Phi) is 4.47. The van der Waals surface area contributed by atoms with Crippen LogP contribution >= 0.6 is 0 Å². The van der Waals surface area contributed by atoms with Crippen LogP contribution in [0.15, 0.2) is 60.7 Å². The number of nitriles is 1. The Balaban J connectivity index is 1.72. The summed E-state index contributed by atoms with van der Waals surface area (Å²) < 4.78 is 0. The van der Waals surface area contributed by atoms with Crippen molar-refractivity contribution in [2.45, 2.75) is 19.4 Å². The smallest absolute Gasteiger partial charge is 0.115 e. The van der Waals surface area contributed by atoms with Crippen LogP contribution in [0.2, 0.25) is 0 Å². The number of hydrazine groups is 1. The van der Waals surface area contributed by atoms with E-state index in [0.29, 0.717) is 11.3 Å². The number of nitrogens with zero attached hydrogens (tertiary/aromatic N) is 3. The molecule has 1 heterocycles. The quantitative estimate of drug-likeness (QED) is 0.764. The van der Waals surface area contributed by atoms with E-state index >= 15 is 0 Å². The van der Waals surface area contributed by atoms with E-state index in [0.717, 1.165) is 42.5 Å².